The predicted octanol–water partition coefficient (Wildman–Crippen LogP) is 3.31. The highest BCUT2D eigenvalue weighted by Gasteiger charge is 2.18. The van der Waals surface area contributed by atoms with Gasteiger partial charge in [0.25, 0.3) is 0 Å². The molecule has 128 valence electrons. The van der Waals surface area contributed by atoms with Gasteiger partial charge in [-0.1, -0.05) is 29.8 Å². The monoisotopic (exact) mass is 365 g/mol. The summed E-state index contributed by atoms with van der Waals surface area (Å²) in [5, 5.41) is 1.71. The lowest BCUT2D eigenvalue weighted by atomic mass is 10.2. The summed E-state index contributed by atoms with van der Waals surface area (Å²) >= 11 is 6.05. The fourth-order valence-electron chi connectivity index (χ4n) is 2.74. The highest BCUT2D eigenvalue weighted by molar-refractivity contribution is 7.92. The van der Waals surface area contributed by atoms with Crippen molar-refractivity contribution in [3.63, 3.8) is 0 Å². The van der Waals surface area contributed by atoms with E-state index in [0.29, 0.717) is 10.6 Å². The zero-order valence-electron chi connectivity index (χ0n) is 13.5. The average molecular weight is 366 g/mol. The first kappa shape index (κ1) is 17.2. The molecule has 2 aromatic rings. The van der Waals surface area contributed by atoms with Crippen LogP contribution in [-0.2, 0) is 29.5 Å². The van der Waals surface area contributed by atoms with Crippen LogP contribution in [0.15, 0.2) is 35.9 Å². The second-order valence-corrected chi connectivity index (χ2v) is 8.26. The first-order valence-electron chi connectivity index (χ1n) is 7.89. The molecule has 1 aliphatic rings. The normalized spacial score (nSPS) is 15.1. The van der Waals surface area contributed by atoms with Gasteiger partial charge in [0.1, 0.15) is 5.82 Å². The highest BCUT2D eigenvalue weighted by Crippen LogP contribution is 2.19. The van der Waals surface area contributed by atoms with Gasteiger partial charge in [0.05, 0.1) is 12.2 Å². The third kappa shape index (κ3) is 3.88. The van der Waals surface area contributed by atoms with Gasteiger partial charge < -0.3 is 4.57 Å². The smallest absolute Gasteiger partial charge is 0.236 e. The van der Waals surface area contributed by atoms with E-state index in [2.05, 4.69) is 9.55 Å². The Balaban J connectivity index is 1.72. The Morgan fingerprint density at radius 2 is 2.12 bits per heavy atom. The van der Waals surface area contributed by atoms with Gasteiger partial charge >= 0.3 is 0 Å². The maximum absolute atomic E-state index is 12.4. The van der Waals surface area contributed by atoms with Crippen molar-refractivity contribution in [1.29, 1.82) is 0 Å². The van der Waals surface area contributed by atoms with Gasteiger partial charge in [-0.05, 0) is 30.5 Å². The first-order valence-corrected chi connectivity index (χ1v) is 9.78. The number of benzene rings is 1. The van der Waals surface area contributed by atoms with Crippen LogP contribution in [0.1, 0.15) is 29.9 Å². The molecule has 0 unspecified atom stereocenters. The van der Waals surface area contributed by atoms with Gasteiger partial charge in [0, 0.05) is 36.6 Å². The minimum atomic E-state index is -3.53. The van der Waals surface area contributed by atoms with Gasteiger partial charge in [-0.3, -0.25) is 0 Å². The molecule has 0 bridgehead atoms. The number of fused-ring (bicyclic) bond motifs is 1. The number of sulfonamides is 1. The molecule has 2 heterocycles. The zero-order valence-corrected chi connectivity index (χ0v) is 15.1. The van der Waals surface area contributed by atoms with Crippen LogP contribution in [-0.4, -0.2) is 29.3 Å². The van der Waals surface area contributed by atoms with Crippen LogP contribution in [0, 0.1) is 0 Å². The molecule has 3 rings (SSSR count). The number of hydrogen-bond donors (Lipinski definition) is 0. The molecular formula is C17H20ClN3O2S. The van der Waals surface area contributed by atoms with Gasteiger partial charge in [-0.25, -0.2) is 13.4 Å². The van der Waals surface area contributed by atoms with Crippen molar-refractivity contribution >= 4 is 27.7 Å². The van der Waals surface area contributed by atoms with Crippen molar-refractivity contribution in [2.45, 2.75) is 32.4 Å². The van der Waals surface area contributed by atoms with Gasteiger partial charge in [-0.2, -0.15) is 4.31 Å². The largest absolute Gasteiger partial charge is 0.335 e. The van der Waals surface area contributed by atoms with Crippen LogP contribution in [0.25, 0.3) is 6.08 Å². The van der Waals surface area contributed by atoms with Gasteiger partial charge in [0.15, 0.2) is 0 Å². The lowest BCUT2D eigenvalue weighted by molar-refractivity contribution is 0.471. The Kier molecular flexibility index (Phi) is 5.08. The molecule has 1 aromatic heterocycles. The second kappa shape index (κ2) is 7.09. The predicted molar refractivity (Wildman–Crippen MR) is 96.0 cm³/mol. The Morgan fingerprint density at radius 3 is 2.88 bits per heavy atom. The Labute approximate surface area is 147 Å². The van der Waals surface area contributed by atoms with E-state index >= 15 is 0 Å². The lowest BCUT2D eigenvalue weighted by Crippen LogP contribution is -2.24. The minimum Gasteiger partial charge on any atom is -0.335 e. The molecule has 0 radical (unpaired) electrons. The molecule has 0 amide bonds. The number of aromatic nitrogens is 2. The number of imidazole rings is 1. The third-order valence-corrected chi connectivity index (χ3v) is 5.92. The molecule has 1 aromatic carbocycles. The summed E-state index contributed by atoms with van der Waals surface area (Å²) in [5.41, 5.74) is 1.46. The topological polar surface area (TPSA) is 55.2 Å². The van der Waals surface area contributed by atoms with Crippen molar-refractivity contribution in [3.8, 4) is 0 Å². The molecular weight excluding hydrogens is 346 g/mol. The maximum Gasteiger partial charge on any atom is 0.236 e. The number of rotatable bonds is 5. The van der Waals surface area contributed by atoms with Crippen molar-refractivity contribution in [2.24, 2.45) is 0 Å². The zero-order chi connectivity index (χ0) is 17.2. The van der Waals surface area contributed by atoms with Crippen LogP contribution in [0.4, 0.5) is 0 Å². The Morgan fingerprint density at radius 1 is 1.33 bits per heavy atom. The van der Waals surface area contributed by atoms with Crippen molar-refractivity contribution in [3.05, 3.63) is 58.0 Å². The average Bonchev–Trinajstić information content (AvgIpc) is 2.96. The van der Waals surface area contributed by atoms with E-state index in [9.17, 15) is 8.42 Å². The number of hydrogen-bond acceptors (Lipinski definition) is 3. The molecule has 0 spiro atoms. The van der Waals surface area contributed by atoms with E-state index in [1.54, 1.807) is 25.2 Å². The Hall–Kier alpha value is -1.63. The van der Waals surface area contributed by atoms with E-state index in [1.165, 1.54) is 15.8 Å². The van der Waals surface area contributed by atoms with Crippen LogP contribution < -0.4 is 0 Å². The van der Waals surface area contributed by atoms with Crippen LogP contribution in [0.2, 0.25) is 5.02 Å². The van der Waals surface area contributed by atoms with E-state index in [1.807, 2.05) is 12.3 Å². The third-order valence-electron chi connectivity index (χ3n) is 4.10. The van der Waals surface area contributed by atoms with Gasteiger partial charge in [-0.15, -0.1) is 0 Å². The molecule has 1 aliphatic heterocycles. The fraction of sp³-hybridized carbons (Fsp3) is 0.353. The summed E-state index contributed by atoms with van der Waals surface area (Å²) in [5.74, 6) is 1.05. The molecule has 0 fully saturated rings. The van der Waals surface area contributed by atoms with E-state index in [0.717, 1.165) is 37.3 Å². The SMILES string of the molecule is CN(Cc1cn2c(n1)CCCC2)S(=O)(=O)/C=C/c1ccccc1Cl. The summed E-state index contributed by atoms with van der Waals surface area (Å²) < 4.78 is 28.3. The molecule has 0 aliphatic carbocycles. The lowest BCUT2D eigenvalue weighted by Gasteiger charge is -2.13. The minimum absolute atomic E-state index is 0.259. The number of halogens is 1. The fourth-order valence-corrected chi connectivity index (χ4v) is 3.78. The van der Waals surface area contributed by atoms with E-state index in [4.69, 9.17) is 11.6 Å². The molecule has 0 atom stereocenters. The highest BCUT2D eigenvalue weighted by atomic mass is 35.5. The molecule has 0 saturated heterocycles. The first-order chi connectivity index (χ1) is 11.5. The molecule has 24 heavy (non-hydrogen) atoms. The molecule has 5 nitrogen and oxygen atoms in total. The summed E-state index contributed by atoms with van der Waals surface area (Å²) in [4.78, 5) is 4.55. The quantitative estimate of drug-likeness (QED) is 0.816. The molecule has 0 saturated carbocycles. The second-order valence-electron chi connectivity index (χ2n) is 5.92. The van der Waals surface area contributed by atoms with Crippen molar-refractivity contribution in [1.82, 2.24) is 13.9 Å². The molecule has 7 heteroatoms. The Bertz CT molecular complexity index is 835. The molecule has 0 N–H and O–H groups in total. The summed E-state index contributed by atoms with van der Waals surface area (Å²) in [7, 11) is -1.97. The number of aryl methyl sites for hydroxylation is 2. The standard InChI is InChI=1S/C17H20ClN3O2S/c1-20(12-15-13-21-10-5-4-8-17(21)19-15)24(22,23)11-9-14-6-2-3-7-16(14)18/h2-3,6-7,9,11,13H,4-5,8,10,12H2,1H3/b11-9+. The van der Waals surface area contributed by atoms with Gasteiger partial charge in [0.2, 0.25) is 10.0 Å². The summed E-state index contributed by atoms with van der Waals surface area (Å²) in [6.07, 6.45) is 6.73. The summed E-state index contributed by atoms with van der Waals surface area (Å²) in [6, 6.07) is 7.13. The van der Waals surface area contributed by atoms with Crippen molar-refractivity contribution < 1.29 is 8.42 Å². The van der Waals surface area contributed by atoms with Crippen molar-refractivity contribution in [2.75, 3.05) is 7.05 Å². The van der Waals surface area contributed by atoms with E-state index < -0.39 is 10.0 Å². The maximum atomic E-state index is 12.4. The van der Waals surface area contributed by atoms with Crippen LogP contribution in [0.5, 0.6) is 0 Å². The van der Waals surface area contributed by atoms with E-state index in [-0.39, 0.29) is 6.54 Å². The summed E-state index contributed by atoms with van der Waals surface area (Å²) in [6.45, 7) is 1.22. The van der Waals surface area contributed by atoms with Crippen LogP contribution >= 0.6 is 11.6 Å². The van der Waals surface area contributed by atoms with Crippen LogP contribution in [0.3, 0.4) is 0 Å². The number of nitrogens with zero attached hydrogens (tertiary/aromatic N) is 3.